The Labute approximate surface area is 140 Å². The molecule has 0 spiro atoms. The fraction of sp³-hybridized carbons (Fsp3) is 0.389. The van der Waals surface area contributed by atoms with E-state index in [2.05, 4.69) is 0 Å². The summed E-state index contributed by atoms with van der Waals surface area (Å²) in [7, 11) is 1.30. The highest BCUT2D eigenvalue weighted by Crippen LogP contribution is 2.45. The molecule has 24 heavy (non-hydrogen) atoms. The number of amides is 1. The zero-order valence-electron chi connectivity index (χ0n) is 13.7. The van der Waals surface area contributed by atoms with Crippen LogP contribution in [0.2, 0.25) is 0 Å². The van der Waals surface area contributed by atoms with E-state index in [4.69, 9.17) is 9.47 Å². The van der Waals surface area contributed by atoms with Gasteiger partial charge < -0.3 is 14.4 Å². The summed E-state index contributed by atoms with van der Waals surface area (Å²) in [6.07, 6.45) is 1.76. The number of cyclic esters (lactones) is 1. The highest BCUT2D eigenvalue weighted by atomic mass is 16.5. The van der Waals surface area contributed by atoms with Crippen LogP contribution in [0.1, 0.15) is 31.4 Å². The van der Waals surface area contributed by atoms with E-state index in [0.717, 1.165) is 5.56 Å². The first-order chi connectivity index (χ1) is 11.5. The second-order valence-corrected chi connectivity index (χ2v) is 6.17. The molecule has 0 saturated carbocycles. The highest BCUT2D eigenvalue weighted by Gasteiger charge is 2.50. The van der Waals surface area contributed by atoms with Crippen LogP contribution >= 0.6 is 0 Å². The Morgan fingerprint density at radius 2 is 2.00 bits per heavy atom. The molecule has 3 rings (SSSR count). The number of hydrogen-bond donors (Lipinski definition) is 0. The van der Waals surface area contributed by atoms with Crippen LogP contribution in [0, 0.1) is 5.41 Å². The average Bonchev–Trinajstić information content (AvgIpc) is 2.78. The molecule has 126 valence electrons. The number of methoxy groups -OCH3 is 1. The van der Waals surface area contributed by atoms with Crippen LogP contribution in [0.3, 0.4) is 0 Å². The molecule has 1 aromatic carbocycles. The van der Waals surface area contributed by atoms with Crippen molar-refractivity contribution in [2.24, 2.45) is 5.41 Å². The fourth-order valence-corrected chi connectivity index (χ4v) is 3.32. The Hall–Kier alpha value is -2.63. The molecule has 2 atom stereocenters. The number of carbonyl (C=O) groups is 3. The van der Waals surface area contributed by atoms with E-state index in [0.29, 0.717) is 12.1 Å². The van der Waals surface area contributed by atoms with Crippen molar-refractivity contribution in [1.29, 1.82) is 0 Å². The third kappa shape index (κ3) is 2.58. The van der Waals surface area contributed by atoms with Crippen LogP contribution in [-0.2, 0) is 23.9 Å². The van der Waals surface area contributed by atoms with Gasteiger partial charge in [-0.15, -0.1) is 0 Å². The third-order valence-electron chi connectivity index (χ3n) is 4.70. The molecular formula is C18H19NO5. The van der Waals surface area contributed by atoms with Gasteiger partial charge in [0.2, 0.25) is 5.91 Å². The van der Waals surface area contributed by atoms with E-state index in [-0.39, 0.29) is 18.9 Å². The smallest absolute Gasteiger partial charge is 0.332 e. The molecule has 6 heteroatoms. The monoisotopic (exact) mass is 329 g/mol. The summed E-state index contributed by atoms with van der Waals surface area (Å²) < 4.78 is 10.2. The molecular weight excluding hydrogens is 310 g/mol. The van der Waals surface area contributed by atoms with Gasteiger partial charge in [0.25, 0.3) is 0 Å². The van der Waals surface area contributed by atoms with Crippen molar-refractivity contribution in [2.45, 2.75) is 25.8 Å². The first-order valence-corrected chi connectivity index (χ1v) is 7.82. The lowest BCUT2D eigenvalue weighted by atomic mass is 9.77. The lowest BCUT2D eigenvalue weighted by Crippen LogP contribution is -2.48. The molecule has 0 radical (unpaired) electrons. The minimum atomic E-state index is -1.06. The van der Waals surface area contributed by atoms with Crippen LogP contribution in [0.25, 0.3) is 0 Å². The van der Waals surface area contributed by atoms with Crippen LogP contribution in [0.15, 0.2) is 42.1 Å². The van der Waals surface area contributed by atoms with E-state index < -0.39 is 23.4 Å². The molecule has 1 fully saturated rings. The standard InChI is InChI=1S/C18H19NO5/c1-18(17(22)23-2)9-8-15(20)19-13(12-6-4-3-5-7-12)11-24-16(21)10-14(18)19/h3-7,10,13H,8-9,11H2,1-2H3/t13-,18+/m0/s1. The number of ether oxygens (including phenoxy) is 2. The molecule has 0 aliphatic carbocycles. The predicted molar refractivity (Wildman–Crippen MR) is 84.4 cm³/mol. The minimum Gasteiger partial charge on any atom is -0.468 e. The molecule has 0 aromatic heterocycles. The predicted octanol–water partition coefficient (Wildman–Crippen LogP) is 1.97. The zero-order valence-corrected chi connectivity index (χ0v) is 13.7. The lowest BCUT2D eigenvalue weighted by molar-refractivity contribution is -0.155. The van der Waals surface area contributed by atoms with Crippen molar-refractivity contribution in [3.8, 4) is 0 Å². The minimum absolute atomic E-state index is 0.0475. The van der Waals surface area contributed by atoms with Crippen LogP contribution in [0.5, 0.6) is 0 Å². The Kier molecular flexibility index (Phi) is 4.13. The van der Waals surface area contributed by atoms with E-state index in [9.17, 15) is 14.4 Å². The number of esters is 2. The molecule has 1 aromatic rings. The second-order valence-electron chi connectivity index (χ2n) is 6.17. The van der Waals surface area contributed by atoms with E-state index in [1.807, 2.05) is 30.3 Å². The number of rotatable bonds is 2. The highest BCUT2D eigenvalue weighted by molar-refractivity contribution is 5.92. The third-order valence-corrected chi connectivity index (χ3v) is 4.70. The Morgan fingerprint density at radius 3 is 2.67 bits per heavy atom. The summed E-state index contributed by atoms with van der Waals surface area (Å²) >= 11 is 0. The summed E-state index contributed by atoms with van der Waals surface area (Å²) in [5.41, 5.74) is 0.140. The second kappa shape index (κ2) is 6.11. The number of fused-ring (bicyclic) bond motifs is 1. The maximum atomic E-state index is 12.6. The van der Waals surface area contributed by atoms with Gasteiger partial charge in [-0.1, -0.05) is 30.3 Å². The number of carbonyl (C=O) groups excluding carboxylic acids is 3. The fourth-order valence-electron chi connectivity index (χ4n) is 3.32. The molecule has 2 heterocycles. The van der Waals surface area contributed by atoms with Gasteiger partial charge in [-0.25, -0.2) is 4.79 Å². The van der Waals surface area contributed by atoms with Crippen molar-refractivity contribution in [3.05, 3.63) is 47.7 Å². The van der Waals surface area contributed by atoms with Crippen molar-refractivity contribution >= 4 is 17.8 Å². The van der Waals surface area contributed by atoms with Gasteiger partial charge in [0.05, 0.1) is 13.2 Å². The summed E-state index contributed by atoms with van der Waals surface area (Å²) in [5.74, 6) is -1.15. The summed E-state index contributed by atoms with van der Waals surface area (Å²) in [6.45, 7) is 1.75. The summed E-state index contributed by atoms with van der Waals surface area (Å²) in [5, 5.41) is 0. The van der Waals surface area contributed by atoms with Gasteiger partial charge in [0.1, 0.15) is 12.0 Å². The molecule has 1 saturated heterocycles. The van der Waals surface area contributed by atoms with Gasteiger partial charge in [-0.05, 0) is 18.9 Å². The topological polar surface area (TPSA) is 72.9 Å². The SMILES string of the molecule is COC(=O)[C@]1(C)CCC(=O)N2C1=CC(=O)OC[C@H]2c1ccccc1. The number of benzene rings is 1. The van der Waals surface area contributed by atoms with Crippen LogP contribution in [0.4, 0.5) is 0 Å². The van der Waals surface area contributed by atoms with E-state index in [1.165, 1.54) is 18.1 Å². The Morgan fingerprint density at radius 1 is 1.29 bits per heavy atom. The number of piperidine rings is 1. The lowest BCUT2D eigenvalue weighted by Gasteiger charge is -2.43. The van der Waals surface area contributed by atoms with Crippen molar-refractivity contribution in [3.63, 3.8) is 0 Å². The quantitative estimate of drug-likeness (QED) is 0.776. The maximum Gasteiger partial charge on any atom is 0.332 e. The van der Waals surface area contributed by atoms with Gasteiger partial charge in [0, 0.05) is 18.2 Å². The molecule has 2 aliphatic rings. The van der Waals surface area contributed by atoms with Gasteiger partial charge in [0.15, 0.2) is 0 Å². The molecule has 6 nitrogen and oxygen atoms in total. The van der Waals surface area contributed by atoms with Crippen molar-refractivity contribution in [1.82, 2.24) is 4.90 Å². The number of hydrogen-bond acceptors (Lipinski definition) is 5. The maximum absolute atomic E-state index is 12.6. The van der Waals surface area contributed by atoms with Crippen molar-refractivity contribution < 1.29 is 23.9 Å². The van der Waals surface area contributed by atoms with Crippen LogP contribution in [-0.4, -0.2) is 36.5 Å². The first-order valence-electron chi connectivity index (χ1n) is 7.82. The normalized spacial score (nSPS) is 26.8. The van der Waals surface area contributed by atoms with E-state index in [1.54, 1.807) is 6.92 Å². The molecule has 0 unspecified atom stereocenters. The molecule has 1 amide bonds. The molecule has 0 N–H and O–H groups in total. The summed E-state index contributed by atoms with van der Waals surface area (Å²) in [4.78, 5) is 38.6. The van der Waals surface area contributed by atoms with Crippen LogP contribution < -0.4 is 0 Å². The Bertz CT molecular complexity index is 711. The largest absolute Gasteiger partial charge is 0.468 e. The zero-order chi connectivity index (χ0) is 17.3. The average molecular weight is 329 g/mol. The molecule has 2 aliphatic heterocycles. The van der Waals surface area contributed by atoms with Crippen molar-refractivity contribution in [2.75, 3.05) is 13.7 Å². The van der Waals surface area contributed by atoms with Gasteiger partial charge >= 0.3 is 11.9 Å². The van der Waals surface area contributed by atoms with Gasteiger partial charge in [-0.2, -0.15) is 0 Å². The number of nitrogens with zero attached hydrogens (tertiary/aromatic N) is 1. The summed E-state index contributed by atoms with van der Waals surface area (Å²) in [6, 6.07) is 8.89. The van der Waals surface area contributed by atoms with Gasteiger partial charge in [-0.3, -0.25) is 9.59 Å². The first kappa shape index (κ1) is 16.2. The van der Waals surface area contributed by atoms with E-state index >= 15 is 0 Å². The molecule has 0 bridgehead atoms. The Balaban J connectivity index is 2.12.